The van der Waals surface area contributed by atoms with Gasteiger partial charge in [0.05, 0.1) is 6.10 Å². The van der Waals surface area contributed by atoms with Gasteiger partial charge in [0.25, 0.3) is 0 Å². The fourth-order valence-corrected chi connectivity index (χ4v) is 1.62. The standard InChI is InChI=1S/C16H20N2O3/c1-4-12-6-5-7-13(10-12)18-16(21)15(20)17-9-8-14(19)11(2)3/h1,5-7,10-11,14,19H,8-9H2,2-3H3,(H,17,20)(H,18,21). The summed E-state index contributed by atoms with van der Waals surface area (Å²) in [5.74, 6) is 1.06. The Morgan fingerprint density at radius 2 is 2.05 bits per heavy atom. The Labute approximate surface area is 124 Å². The molecule has 0 aliphatic carbocycles. The summed E-state index contributed by atoms with van der Waals surface area (Å²) in [7, 11) is 0. The van der Waals surface area contributed by atoms with Crippen molar-refractivity contribution in [3.05, 3.63) is 29.8 Å². The minimum absolute atomic E-state index is 0.113. The second-order valence-electron chi connectivity index (χ2n) is 5.04. The Morgan fingerprint density at radius 3 is 2.67 bits per heavy atom. The summed E-state index contributed by atoms with van der Waals surface area (Å²) in [5, 5.41) is 14.5. The summed E-state index contributed by atoms with van der Waals surface area (Å²) in [6.45, 7) is 4.02. The molecule has 0 saturated heterocycles. The van der Waals surface area contributed by atoms with Gasteiger partial charge in [-0.25, -0.2) is 0 Å². The minimum Gasteiger partial charge on any atom is -0.393 e. The number of aliphatic hydroxyl groups is 1. The molecular weight excluding hydrogens is 268 g/mol. The molecule has 0 aromatic heterocycles. The van der Waals surface area contributed by atoms with Crippen molar-refractivity contribution >= 4 is 17.5 Å². The molecule has 0 aliphatic heterocycles. The van der Waals surface area contributed by atoms with E-state index in [4.69, 9.17) is 6.42 Å². The Kier molecular flexibility index (Phi) is 6.44. The number of anilines is 1. The summed E-state index contributed by atoms with van der Waals surface area (Å²) in [4.78, 5) is 23.3. The molecule has 0 saturated carbocycles. The molecule has 1 rings (SSSR count). The predicted octanol–water partition coefficient (Wildman–Crippen LogP) is 1.13. The maximum Gasteiger partial charge on any atom is 0.313 e. The van der Waals surface area contributed by atoms with Crippen LogP contribution in [0.3, 0.4) is 0 Å². The summed E-state index contributed by atoms with van der Waals surface area (Å²) in [5.41, 5.74) is 1.08. The minimum atomic E-state index is -0.761. The molecule has 0 aliphatic rings. The molecule has 5 nitrogen and oxygen atoms in total. The van der Waals surface area contributed by atoms with Crippen LogP contribution in [-0.2, 0) is 9.59 Å². The van der Waals surface area contributed by atoms with Crippen molar-refractivity contribution in [3.8, 4) is 12.3 Å². The van der Waals surface area contributed by atoms with E-state index in [9.17, 15) is 14.7 Å². The van der Waals surface area contributed by atoms with E-state index in [0.717, 1.165) is 0 Å². The Bertz CT molecular complexity index is 547. The number of carbonyl (C=O) groups excluding carboxylic acids is 2. The summed E-state index contributed by atoms with van der Waals surface area (Å²) >= 11 is 0. The SMILES string of the molecule is C#Cc1cccc(NC(=O)C(=O)NCCC(O)C(C)C)c1. The smallest absolute Gasteiger partial charge is 0.313 e. The molecule has 0 bridgehead atoms. The van der Waals surface area contributed by atoms with Gasteiger partial charge in [0.1, 0.15) is 0 Å². The van der Waals surface area contributed by atoms with Crippen molar-refractivity contribution in [1.29, 1.82) is 0 Å². The van der Waals surface area contributed by atoms with E-state index in [1.165, 1.54) is 0 Å². The lowest BCUT2D eigenvalue weighted by molar-refractivity contribution is -0.136. The van der Waals surface area contributed by atoms with Gasteiger partial charge in [0, 0.05) is 17.8 Å². The van der Waals surface area contributed by atoms with Gasteiger partial charge in [0.15, 0.2) is 0 Å². The predicted molar refractivity (Wildman–Crippen MR) is 81.5 cm³/mol. The van der Waals surface area contributed by atoms with Crippen molar-refractivity contribution in [2.24, 2.45) is 5.92 Å². The van der Waals surface area contributed by atoms with Crippen molar-refractivity contribution in [3.63, 3.8) is 0 Å². The van der Waals surface area contributed by atoms with Gasteiger partial charge in [-0.15, -0.1) is 6.42 Å². The highest BCUT2D eigenvalue weighted by atomic mass is 16.3. The van der Waals surface area contributed by atoms with Crippen molar-refractivity contribution in [2.45, 2.75) is 26.4 Å². The lowest BCUT2D eigenvalue weighted by atomic mass is 10.0. The topological polar surface area (TPSA) is 78.4 Å². The number of rotatable bonds is 5. The first kappa shape index (κ1) is 16.7. The highest BCUT2D eigenvalue weighted by Crippen LogP contribution is 2.09. The van der Waals surface area contributed by atoms with Gasteiger partial charge in [-0.1, -0.05) is 25.8 Å². The van der Waals surface area contributed by atoms with E-state index in [0.29, 0.717) is 17.7 Å². The molecule has 0 radical (unpaired) electrons. The van der Waals surface area contributed by atoms with Crippen LogP contribution >= 0.6 is 0 Å². The molecule has 21 heavy (non-hydrogen) atoms. The molecule has 0 heterocycles. The summed E-state index contributed by atoms with van der Waals surface area (Å²) < 4.78 is 0. The first-order chi connectivity index (χ1) is 9.93. The van der Waals surface area contributed by atoms with Gasteiger partial charge < -0.3 is 15.7 Å². The number of amides is 2. The molecule has 1 aromatic rings. The quantitative estimate of drug-likeness (QED) is 0.561. The van der Waals surface area contributed by atoms with Crippen LogP contribution in [0.1, 0.15) is 25.8 Å². The largest absolute Gasteiger partial charge is 0.393 e. The van der Waals surface area contributed by atoms with E-state index in [2.05, 4.69) is 16.6 Å². The van der Waals surface area contributed by atoms with Gasteiger partial charge in [-0.3, -0.25) is 9.59 Å². The van der Waals surface area contributed by atoms with Crippen molar-refractivity contribution in [1.82, 2.24) is 5.32 Å². The molecular formula is C16H20N2O3. The lowest BCUT2D eigenvalue weighted by Gasteiger charge is -2.14. The van der Waals surface area contributed by atoms with Crippen LogP contribution in [0.2, 0.25) is 0 Å². The summed E-state index contributed by atoms with van der Waals surface area (Å²) in [6, 6.07) is 6.67. The third-order valence-corrected chi connectivity index (χ3v) is 2.99. The fourth-order valence-electron chi connectivity index (χ4n) is 1.62. The zero-order valence-corrected chi connectivity index (χ0v) is 12.2. The fraction of sp³-hybridized carbons (Fsp3) is 0.375. The molecule has 0 fully saturated rings. The maximum absolute atomic E-state index is 11.7. The molecule has 1 atom stereocenters. The van der Waals surface area contributed by atoms with E-state index in [1.54, 1.807) is 24.3 Å². The van der Waals surface area contributed by atoms with Gasteiger partial charge >= 0.3 is 11.8 Å². The van der Waals surface area contributed by atoms with Crippen molar-refractivity contribution in [2.75, 3.05) is 11.9 Å². The van der Waals surface area contributed by atoms with Crippen LogP contribution in [0.4, 0.5) is 5.69 Å². The maximum atomic E-state index is 11.7. The third-order valence-electron chi connectivity index (χ3n) is 2.99. The number of nitrogens with one attached hydrogen (secondary N) is 2. The average molecular weight is 288 g/mol. The molecule has 1 unspecified atom stereocenters. The van der Waals surface area contributed by atoms with Crippen LogP contribution < -0.4 is 10.6 Å². The molecule has 0 spiro atoms. The zero-order chi connectivity index (χ0) is 15.8. The van der Waals surface area contributed by atoms with Gasteiger partial charge in [-0.2, -0.15) is 0 Å². The van der Waals surface area contributed by atoms with Gasteiger partial charge in [-0.05, 0) is 30.5 Å². The first-order valence-corrected chi connectivity index (χ1v) is 6.78. The Morgan fingerprint density at radius 1 is 1.33 bits per heavy atom. The van der Waals surface area contributed by atoms with E-state index < -0.39 is 17.9 Å². The zero-order valence-electron chi connectivity index (χ0n) is 12.2. The normalized spacial score (nSPS) is 11.6. The highest BCUT2D eigenvalue weighted by molar-refractivity contribution is 6.39. The van der Waals surface area contributed by atoms with Crippen LogP contribution in [0, 0.1) is 18.3 Å². The number of hydrogen-bond acceptors (Lipinski definition) is 3. The van der Waals surface area contributed by atoms with Crippen LogP contribution in [0.5, 0.6) is 0 Å². The van der Waals surface area contributed by atoms with E-state index in [-0.39, 0.29) is 12.5 Å². The second-order valence-corrected chi connectivity index (χ2v) is 5.04. The Hall–Kier alpha value is -2.32. The Balaban J connectivity index is 2.44. The number of carbonyl (C=O) groups is 2. The monoisotopic (exact) mass is 288 g/mol. The molecule has 2 amide bonds. The second kappa shape index (κ2) is 8.08. The summed E-state index contributed by atoms with van der Waals surface area (Å²) in [6.07, 6.45) is 5.17. The van der Waals surface area contributed by atoms with Gasteiger partial charge in [0.2, 0.25) is 0 Å². The third kappa shape index (κ3) is 5.67. The number of benzene rings is 1. The van der Waals surface area contributed by atoms with Crippen LogP contribution in [0.25, 0.3) is 0 Å². The van der Waals surface area contributed by atoms with Crippen molar-refractivity contribution < 1.29 is 14.7 Å². The molecule has 3 N–H and O–H groups in total. The average Bonchev–Trinajstić information content (AvgIpc) is 2.46. The number of terminal acetylenes is 1. The number of aliphatic hydroxyl groups excluding tert-OH is 1. The van der Waals surface area contributed by atoms with Crippen LogP contribution in [-0.4, -0.2) is 29.6 Å². The molecule has 5 heteroatoms. The van der Waals surface area contributed by atoms with Crippen LogP contribution in [0.15, 0.2) is 24.3 Å². The molecule has 1 aromatic carbocycles. The first-order valence-electron chi connectivity index (χ1n) is 6.78. The van der Waals surface area contributed by atoms with E-state index >= 15 is 0 Å². The lowest BCUT2D eigenvalue weighted by Crippen LogP contribution is -2.37. The highest BCUT2D eigenvalue weighted by Gasteiger charge is 2.15. The molecule has 112 valence electrons. The number of hydrogen-bond donors (Lipinski definition) is 3. The van der Waals surface area contributed by atoms with E-state index in [1.807, 2.05) is 13.8 Å².